The zero-order valence-electron chi connectivity index (χ0n) is 13.4. The van der Waals surface area contributed by atoms with Crippen molar-refractivity contribution >= 4 is 11.9 Å². The van der Waals surface area contributed by atoms with Gasteiger partial charge in [0.05, 0.1) is 0 Å². The fraction of sp³-hybridized carbons (Fsp3) is 0.778. The van der Waals surface area contributed by atoms with Crippen molar-refractivity contribution in [1.29, 1.82) is 0 Å². The molecule has 22 heavy (non-hydrogen) atoms. The first-order valence-electron chi connectivity index (χ1n) is 8.56. The van der Waals surface area contributed by atoms with Crippen LogP contribution in [0.1, 0.15) is 58.3 Å². The van der Waals surface area contributed by atoms with Crippen LogP contribution in [0.3, 0.4) is 0 Å². The van der Waals surface area contributed by atoms with E-state index in [0.29, 0.717) is 17.4 Å². The molecule has 3 aliphatic carbocycles. The average Bonchev–Trinajstić information content (AvgIpc) is 3.20. The van der Waals surface area contributed by atoms with Crippen LogP contribution in [0.4, 0.5) is 0 Å². The summed E-state index contributed by atoms with van der Waals surface area (Å²) in [6.07, 6.45) is 9.50. The van der Waals surface area contributed by atoms with Crippen LogP contribution in [-0.2, 0) is 19.1 Å². The highest BCUT2D eigenvalue weighted by atomic mass is 16.6. The first kappa shape index (κ1) is 15.6. The number of rotatable bonds is 5. The summed E-state index contributed by atoms with van der Waals surface area (Å²) in [5, 5.41) is 0. The molecule has 122 valence electrons. The van der Waals surface area contributed by atoms with E-state index in [2.05, 4.69) is 6.58 Å². The summed E-state index contributed by atoms with van der Waals surface area (Å²) < 4.78 is 11.0. The van der Waals surface area contributed by atoms with Gasteiger partial charge in [0.2, 0.25) is 0 Å². The molecule has 0 aromatic heterocycles. The van der Waals surface area contributed by atoms with E-state index in [1.807, 2.05) is 0 Å². The molecule has 3 unspecified atom stereocenters. The minimum atomic E-state index is -0.528. The summed E-state index contributed by atoms with van der Waals surface area (Å²) in [5.74, 6) is 0.815. The highest BCUT2D eigenvalue weighted by Gasteiger charge is 2.57. The van der Waals surface area contributed by atoms with Gasteiger partial charge in [-0.3, -0.25) is 0 Å². The molecule has 0 amide bonds. The number of esters is 2. The number of fused-ring (bicyclic) bond motifs is 2. The van der Waals surface area contributed by atoms with E-state index in [-0.39, 0.29) is 12.2 Å². The lowest BCUT2D eigenvalue weighted by Crippen LogP contribution is -2.47. The predicted octanol–water partition coefficient (Wildman–Crippen LogP) is 3.40. The fourth-order valence-corrected chi connectivity index (χ4v) is 4.93. The number of carbonyl (C=O) groups is 2. The fourth-order valence-electron chi connectivity index (χ4n) is 4.93. The molecule has 0 spiro atoms. The van der Waals surface area contributed by atoms with Gasteiger partial charge >= 0.3 is 11.9 Å². The Balaban J connectivity index is 1.65. The Morgan fingerprint density at radius 2 is 1.86 bits per heavy atom. The average molecular weight is 306 g/mol. The van der Waals surface area contributed by atoms with E-state index < -0.39 is 11.9 Å². The molecular weight excluding hydrogens is 280 g/mol. The molecular formula is C18H26O4. The van der Waals surface area contributed by atoms with Crippen molar-refractivity contribution in [2.24, 2.45) is 17.8 Å². The van der Waals surface area contributed by atoms with Gasteiger partial charge in [-0.05, 0) is 63.2 Å². The smallest absolute Gasteiger partial charge is 0.344 e. The Hall–Kier alpha value is -1.32. The van der Waals surface area contributed by atoms with Crippen LogP contribution in [0.2, 0.25) is 0 Å². The van der Waals surface area contributed by atoms with E-state index in [1.165, 1.54) is 44.9 Å². The quantitative estimate of drug-likeness (QED) is 0.577. The van der Waals surface area contributed by atoms with Crippen LogP contribution in [0.5, 0.6) is 0 Å². The molecule has 3 rings (SSSR count). The van der Waals surface area contributed by atoms with Crippen molar-refractivity contribution in [3.8, 4) is 0 Å². The minimum Gasteiger partial charge on any atom is -0.456 e. The maximum Gasteiger partial charge on any atom is 0.344 e. The molecule has 0 aromatic carbocycles. The van der Waals surface area contributed by atoms with Crippen molar-refractivity contribution in [3.05, 3.63) is 12.2 Å². The van der Waals surface area contributed by atoms with E-state index >= 15 is 0 Å². The van der Waals surface area contributed by atoms with Crippen LogP contribution in [-0.4, -0.2) is 24.1 Å². The molecule has 0 aliphatic heterocycles. The van der Waals surface area contributed by atoms with Crippen LogP contribution < -0.4 is 0 Å². The molecule has 0 heterocycles. The number of hydrogen-bond donors (Lipinski definition) is 0. The standard InChI is InChI=1S/C18H26O4/c1-12(2)17(20)21-11-16(19)22-18(14-5-3-4-6-14)10-13-7-8-15(18)9-13/h13-15H,1,3-11H2,2H3. The highest BCUT2D eigenvalue weighted by molar-refractivity contribution is 5.88. The first-order chi connectivity index (χ1) is 10.5. The van der Waals surface area contributed by atoms with Crippen molar-refractivity contribution in [1.82, 2.24) is 0 Å². The van der Waals surface area contributed by atoms with Crippen LogP contribution >= 0.6 is 0 Å². The predicted molar refractivity (Wildman–Crippen MR) is 82.0 cm³/mol. The van der Waals surface area contributed by atoms with Gasteiger partial charge in [-0.2, -0.15) is 0 Å². The Labute approximate surface area is 132 Å². The second-order valence-electron chi connectivity index (χ2n) is 7.35. The zero-order chi connectivity index (χ0) is 15.7. The molecule has 4 nitrogen and oxygen atoms in total. The summed E-state index contributed by atoms with van der Waals surface area (Å²) in [6.45, 7) is 4.80. The molecule has 0 radical (unpaired) electrons. The van der Waals surface area contributed by atoms with Gasteiger partial charge < -0.3 is 9.47 Å². The number of carbonyl (C=O) groups excluding carboxylic acids is 2. The monoisotopic (exact) mass is 306 g/mol. The van der Waals surface area contributed by atoms with Crippen LogP contribution in [0.25, 0.3) is 0 Å². The number of ether oxygens (including phenoxy) is 2. The Kier molecular flexibility index (Phi) is 4.28. The summed E-state index contributed by atoms with van der Waals surface area (Å²) in [4.78, 5) is 23.7. The lowest BCUT2D eigenvalue weighted by Gasteiger charge is -2.42. The van der Waals surface area contributed by atoms with Crippen molar-refractivity contribution in [2.45, 2.75) is 63.9 Å². The first-order valence-corrected chi connectivity index (χ1v) is 8.56. The Morgan fingerprint density at radius 3 is 2.41 bits per heavy atom. The summed E-state index contributed by atoms with van der Waals surface area (Å²) >= 11 is 0. The second-order valence-corrected chi connectivity index (χ2v) is 7.35. The van der Waals surface area contributed by atoms with Crippen molar-refractivity contribution in [2.75, 3.05) is 6.61 Å². The van der Waals surface area contributed by atoms with Crippen LogP contribution in [0.15, 0.2) is 12.2 Å². The van der Waals surface area contributed by atoms with Gasteiger partial charge in [-0.15, -0.1) is 0 Å². The third-order valence-electron chi connectivity index (χ3n) is 5.86. The molecule has 0 saturated heterocycles. The van der Waals surface area contributed by atoms with Gasteiger partial charge in [0.15, 0.2) is 6.61 Å². The van der Waals surface area contributed by atoms with E-state index in [4.69, 9.17) is 9.47 Å². The minimum absolute atomic E-state index is 0.272. The molecule has 3 saturated carbocycles. The van der Waals surface area contributed by atoms with Crippen LogP contribution in [0, 0.1) is 17.8 Å². The molecule has 0 aromatic rings. The Morgan fingerprint density at radius 1 is 1.14 bits per heavy atom. The van der Waals surface area contributed by atoms with E-state index in [1.54, 1.807) is 6.92 Å². The largest absolute Gasteiger partial charge is 0.456 e. The van der Waals surface area contributed by atoms with E-state index in [0.717, 1.165) is 12.3 Å². The molecule has 4 heteroatoms. The summed E-state index contributed by atoms with van der Waals surface area (Å²) in [5.41, 5.74) is 0.0322. The second kappa shape index (κ2) is 6.05. The summed E-state index contributed by atoms with van der Waals surface area (Å²) in [7, 11) is 0. The maximum atomic E-state index is 12.2. The van der Waals surface area contributed by atoms with E-state index in [9.17, 15) is 9.59 Å². The topological polar surface area (TPSA) is 52.6 Å². The van der Waals surface area contributed by atoms with Gasteiger partial charge in [0.1, 0.15) is 5.60 Å². The van der Waals surface area contributed by atoms with Crippen molar-refractivity contribution in [3.63, 3.8) is 0 Å². The van der Waals surface area contributed by atoms with Crippen molar-refractivity contribution < 1.29 is 19.1 Å². The zero-order valence-corrected chi connectivity index (χ0v) is 13.4. The Bertz CT molecular complexity index is 477. The van der Waals surface area contributed by atoms with Gasteiger partial charge in [-0.25, -0.2) is 9.59 Å². The number of hydrogen-bond acceptors (Lipinski definition) is 4. The third-order valence-corrected chi connectivity index (χ3v) is 5.86. The van der Waals surface area contributed by atoms with Gasteiger partial charge in [0.25, 0.3) is 0 Å². The molecule has 3 aliphatic rings. The molecule has 2 bridgehead atoms. The molecule has 3 fully saturated rings. The third kappa shape index (κ3) is 2.80. The molecule has 3 atom stereocenters. The maximum absolute atomic E-state index is 12.2. The summed E-state index contributed by atoms with van der Waals surface area (Å²) in [6, 6.07) is 0. The highest BCUT2D eigenvalue weighted by Crippen LogP contribution is 2.58. The molecule has 0 N–H and O–H groups in total. The SMILES string of the molecule is C=C(C)C(=O)OCC(=O)OC1(C2CCCC2)CC2CCC1C2. The van der Waals surface area contributed by atoms with Gasteiger partial charge in [-0.1, -0.05) is 19.4 Å². The lowest BCUT2D eigenvalue weighted by atomic mass is 9.73. The van der Waals surface area contributed by atoms with Gasteiger partial charge in [0, 0.05) is 5.57 Å². The normalized spacial score (nSPS) is 33.9. The lowest BCUT2D eigenvalue weighted by molar-refractivity contribution is -0.181.